The van der Waals surface area contributed by atoms with Crippen molar-refractivity contribution in [3.8, 4) is 6.07 Å². The molecule has 1 amide bonds. The first kappa shape index (κ1) is 15.5. The zero-order valence-corrected chi connectivity index (χ0v) is 12.0. The second-order valence-electron chi connectivity index (χ2n) is 5.80. The summed E-state index contributed by atoms with van der Waals surface area (Å²) in [6.07, 6.45) is 5.75. The number of amides is 1. The number of anilines is 1. The molecule has 0 heterocycles. The molecular formula is C16H20FN3O. The van der Waals surface area contributed by atoms with Gasteiger partial charge in [-0.25, -0.2) is 4.39 Å². The summed E-state index contributed by atoms with van der Waals surface area (Å²) < 4.78 is 13.2. The molecule has 1 fully saturated rings. The molecule has 0 radical (unpaired) electrons. The van der Waals surface area contributed by atoms with Crippen molar-refractivity contribution in [3.63, 3.8) is 0 Å². The highest BCUT2D eigenvalue weighted by Gasteiger charge is 2.32. The number of carbonyl (C=O) groups is 1. The van der Waals surface area contributed by atoms with Crippen molar-refractivity contribution < 1.29 is 9.18 Å². The van der Waals surface area contributed by atoms with Gasteiger partial charge in [-0.15, -0.1) is 0 Å². The van der Waals surface area contributed by atoms with Crippen LogP contribution in [0, 0.1) is 22.6 Å². The van der Waals surface area contributed by atoms with E-state index in [1.807, 2.05) is 0 Å². The third kappa shape index (κ3) is 3.79. The lowest BCUT2D eigenvalue weighted by Crippen LogP contribution is -2.36. The van der Waals surface area contributed by atoms with Gasteiger partial charge in [0, 0.05) is 12.1 Å². The zero-order chi connectivity index (χ0) is 15.3. The molecule has 2 rings (SSSR count). The molecule has 1 aromatic rings. The Morgan fingerprint density at radius 3 is 2.71 bits per heavy atom. The zero-order valence-electron chi connectivity index (χ0n) is 12.0. The third-order valence-corrected chi connectivity index (χ3v) is 4.25. The molecule has 1 aliphatic carbocycles. The number of hydrogen-bond donors (Lipinski definition) is 2. The number of nitriles is 1. The molecule has 0 spiro atoms. The maximum Gasteiger partial charge on any atom is 0.224 e. The predicted octanol–water partition coefficient (Wildman–Crippen LogP) is 2.94. The summed E-state index contributed by atoms with van der Waals surface area (Å²) in [4.78, 5) is 12.2. The highest BCUT2D eigenvalue weighted by Crippen LogP contribution is 2.38. The minimum Gasteiger partial charge on any atom is -0.330 e. The number of rotatable bonds is 4. The van der Waals surface area contributed by atoms with E-state index in [4.69, 9.17) is 11.0 Å². The van der Waals surface area contributed by atoms with E-state index in [9.17, 15) is 9.18 Å². The fraction of sp³-hybridized carbons (Fsp3) is 0.500. The number of nitrogens with two attached hydrogens (primary N) is 1. The van der Waals surface area contributed by atoms with Gasteiger partial charge in [0.1, 0.15) is 11.9 Å². The van der Waals surface area contributed by atoms with Crippen LogP contribution in [0.3, 0.4) is 0 Å². The Morgan fingerprint density at radius 1 is 1.38 bits per heavy atom. The van der Waals surface area contributed by atoms with Crippen molar-refractivity contribution in [1.29, 1.82) is 5.26 Å². The van der Waals surface area contributed by atoms with E-state index in [1.54, 1.807) is 6.07 Å². The molecule has 3 N–H and O–H groups in total. The smallest absolute Gasteiger partial charge is 0.224 e. The minimum absolute atomic E-state index is 0.0704. The second-order valence-corrected chi connectivity index (χ2v) is 5.80. The summed E-state index contributed by atoms with van der Waals surface area (Å²) in [7, 11) is 0. The van der Waals surface area contributed by atoms with Gasteiger partial charge in [0.05, 0.1) is 5.56 Å². The molecule has 1 saturated carbocycles. The highest BCUT2D eigenvalue weighted by molar-refractivity contribution is 5.91. The van der Waals surface area contributed by atoms with Crippen LogP contribution in [-0.2, 0) is 4.79 Å². The summed E-state index contributed by atoms with van der Waals surface area (Å²) in [5, 5.41) is 11.5. The number of halogens is 1. The first-order chi connectivity index (χ1) is 10.1. The van der Waals surface area contributed by atoms with Crippen LogP contribution in [0.15, 0.2) is 18.2 Å². The summed E-state index contributed by atoms with van der Waals surface area (Å²) in [6.45, 7) is 0.507. The number of nitrogens with one attached hydrogen (secondary N) is 1. The molecule has 0 saturated heterocycles. The maximum absolute atomic E-state index is 13.2. The van der Waals surface area contributed by atoms with Crippen LogP contribution < -0.4 is 11.1 Å². The topological polar surface area (TPSA) is 78.9 Å². The van der Waals surface area contributed by atoms with Gasteiger partial charge in [-0.05, 0) is 43.0 Å². The first-order valence-electron chi connectivity index (χ1n) is 7.28. The van der Waals surface area contributed by atoms with Crippen LogP contribution in [0.4, 0.5) is 10.1 Å². The van der Waals surface area contributed by atoms with Gasteiger partial charge in [-0.2, -0.15) is 5.26 Å². The van der Waals surface area contributed by atoms with Gasteiger partial charge in [-0.3, -0.25) is 4.79 Å². The Kier molecular flexibility index (Phi) is 4.92. The van der Waals surface area contributed by atoms with Gasteiger partial charge in [0.2, 0.25) is 5.91 Å². The highest BCUT2D eigenvalue weighted by atomic mass is 19.1. The molecule has 0 atom stereocenters. The summed E-state index contributed by atoms with van der Waals surface area (Å²) in [5.41, 5.74) is 6.14. The molecule has 1 aliphatic rings. The van der Waals surface area contributed by atoms with E-state index in [0.29, 0.717) is 18.7 Å². The Balaban J connectivity index is 2.03. The molecule has 0 bridgehead atoms. The van der Waals surface area contributed by atoms with Crippen LogP contribution >= 0.6 is 0 Å². The van der Waals surface area contributed by atoms with E-state index < -0.39 is 5.82 Å². The second kappa shape index (κ2) is 6.68. The standard InChI is InChI=1S/C16H20FN3O/c17-14-5-4-13(8-12(14)10-18)20-15(21)9-16(11-19)6-2-1-3-7-16/h4-5,8H,1-3,6-7,9,11,19H2,(H,20,21). The van der Waals surface area contributed by atoms with Crippen molar-refractivity contribution in [2.75, 3.05) is 11.9 Å². The monoisotopic (exact) mass is 289 g/mol. The molecule has 1 aromatic carbocycles. The van der Waals surface area contributed by atoms with Crippen molar-refractivity contribution in [3.05, 3.63) is 29.6 Å². The first-order valence-corrected chi connectivity index (χ1v) is 7.28. The maximum atomic E-state index is 13.2. The molecule has 4 nitrogen and oxygen atoms in total. The van der Waals surface area contributed by atoms with Crippen molar-refractivity contribution >= 4 is 11.6 Å². The van der Waals surface area contributed by atoms with Crippen molar-refractivity contribution in [2.45, 2.75) is 38.5 Å². The van der Waals surface area contributed by atoms with Crippen LogP contribution in [-0.4, -0.2) is 12.5 Å². The van der Waals surface area contributed by atoms with Gasteiger partial charge < -0.3 is 11.1 Å². The molecule has 21 heavy (non-hydrogen) atoms. The van der Waals surface area contributed by atoms with Crippen LogP contribution in [0.25, 0.3) is 0 Å². The van der Waals surface area contributed by atoms with Crippen LogP contribution in [0.5, 0.6) is 0 Å². The van der Waals surface area contributed by atoms with E-state index in [0.717, 1.165) is 25.7 Å². The van der Waals surface area contributed by atoms with Gasteiger partial charge >= 0.3 is 0 Å². The van der Waals surface area contributed by atoms with Crippen LogP contribution in [0.1, 0.15) is 44.1 Å². The van der Waals surface area contributed by atoms with Gasteiger partial charge in [0.15, 0.2) is 0 Å². The Labute approximate surface area is 124 Å². The summed E-state index contributed by atoms with van der Waals surface area (Å²) >= 11 is 0. The third-order valence-electron chi connectivity index (χ3n) is 4.25. The molecule has 0 unspecified atom stereocenters. The minimum atomic E-state index is -0.582. The van der Waals surface area contributed by atoms with E-state index >= 15 is 0 Å². The Bertz CT molecular complexity index is 559. The fourth-order valence-corrected chi connectivity index (χ4v) is 2.99. The average Bonchev–Trinajstić information content (AvgIpc) is 2.50. The van der Waals surface area contributed by atoms with Gasteiger partial charge in [0.25, 0.3) is 0 Å². The number of benzene rings is 1. The average molecular weight is 289 g/mol. The molecule has 5 heteroatoms. The molecule has 0 aliphatic heterocycles. The van der Waals surface area contributed by atoms with Crippen molar-refractivity contribution in [2.24, 2.45) is 11.1 Å². The SMILES string of the molecule is N#Cc1cc(NC(=O)CC2(CN)CCCCC2)ccc1F. The summed E-state index contributed by atoms with van der Waals surface area (Å²) in [5.74, 6) is -0.709. The molecule has 112 valence electrons. The Hall–Kier alpha value is -1.93. The lowest BCUT2D eigenvalue weighted by molar-refractivity contribution is -0.118. The normalized spacial score (nSPS) is 17.0. The quantitative estimate of drug-likeness (QED) is 0.894. The predicted molar refractivity (Wildman–Crippen MR) is 78.9 cm³/mol. The Morgan fingerprint density at radius 2 is 2.10 bits per heavy atom. The number of nitrogens with zero attached hydrogens (tertiary/aromatic N) is 1. The lowest BCUT2D eigenvalue weighted by Gasteiger charge is -2.35. The van der Waals surface area contributed by atoms with E-state index in [2.05, 4.69) is 5.32 Å². The largest absolute Gasteiger partial charge is 0.330 e. The number of carbonyl (C=O) groups excluding carboxylic acids is 1. The molecule has 0 aromatic heterocycles. The fourth-order valence-electron chi connectivity index (χ4n) is 2.99. The lowest BCUT2D eigenvalue weighted by atomic mass is 9.71. The van der Waals surface area contributed by atoms with E-state index in [-0.39, 0.29) is 16.9 Å². The van der Waals surface area contributed by atoms with E-state index in [1.165, 1.54) is 24.6 Å². The summed E-state index contributed by atoms with van der Waals surface area (Å²) in [6, 6.07) is 5.76. The molecular weight excluding hydrogens is 269 g/mol. The number of hydrogen-bond acceptors (Lipinski definition) is 3. The van der Waals surface area contributed by atoms with Crippen LogP contribution in [0.2, 0.25) is 0 Å². The van der Waals surface area contributed by atoms with Crippen molar-refractivity contribution in [1.82, 2.24) is 0 Å². The van der Waals surface area contributed by atoms with Gasteiger partial charge in [-0.1, -0.05) is 19.3 Å².